The van der Waals surface area contributed by atoms with E-state index in [1.54, 1.807) is 6.21 Å². The molecule has 0 saturated carbocycles. The maximum atomic E-state index is 12.9. The topological polar surface area (TPSA) is 88.0 Å². The molecule has 3 aromatic rings. The van der Waals surface area contributed by atoms with Crippen molar-refractivity contribution in [3.8, 4) is 5.69 Å². The van der Waals surface area contributed by atoms with Crippen LogP contribution >= 0.6 is 12.4 Å². The summed E-state index contributed by atoms with van der Waals surface area (Å²) >= 11 is 0. The highest BCUT2D eigenvalue weighted by molar-refractivity contribution is 5.95. The van der Waals surface area contributed by atoms with Gasteiger partial charge in [-0.25, -0.2) is 10.1 Å². The minimum Gasteiger partial charge on any atom is -0.281 e. The van der Waals surface area contributed by atoms with E-state index in [0.29, 0.717) is 11.6 Å². The van der Waals surface area contributed by atoms with Crippen molar-refractivity contribution in [1.82, 2.24) is 25.4 Å². The predicted octanol–water partition coefficient (Wildman–Crippen LogP) is 4.94. The average molecular weight is 469 g/mol. The van der Waals surface area contributed by atoms with Gasteiger partial charge in [-0.1, -0.05) is 45.4 Å². The number of hydrogen-bond acceptors (Lipinski definition) is 4. The summed E-state index contributed by atoms with van der Waals surface area (Å²) in [5, 5.41) is 16.2. The number of hydrogen-bond donors (Lipinski definition) is 2. The second-order valence-corrected chi connectivity index (χ2v) is 9.34. The Kier molecular flexibility index (Phi) is 7.42. The molecular formula is C25H33ClN6O. The van der Waals surface area contributed by atoms with Gasteiger partial charge < -0.3 is 0 Å². The summed E-state index contributed by atoms with van der Waals surface area (Å²) in [6.45, 7) is 10.8. The zero-order valence-corrected chi connectivity index (χ0v) is 20.8. The fourth-order valence-corrected chi connectivity index (χ4v) is 4.51. The van der Waals surface area contributed by atoms with Crippen LogP contribution in [0.25, 0.3) is 5.69 Å². The van der Waals surface area contributed by atoms with Gasteiger partial charge in [-0.05, 0) is 56.6 Å². The largest absolute Gasteiger partial charge is 0.292 e. The van der Waals surface area contributed by atoms with Crippen molar-refractivity contribution in [3.63, 3.8) is 0 Å². The number of para-hydroxylation sites is 1. The quantitative estimate of drug-likeness (QED) is 0.396. The van der Waals surface area contributed by atoms with Gasteiger partial charge >= 0.3 is 0 Å². The van der Waals surface area contributed by atoms with E-state index in [0.717, 1.165) is 59.6 Å². The lowest BCUT2D eigenvalue weighted by atomic mass is 9.69. The SMILES string of the molecule is CCC(C)(C)C1CCc2[nH]nc(C(=O)NN=Cc3c(C)nn(-c4ccccc4)c3C)c2C1.Cl. The van der Waals surface area contributed by atoms with E-state index in [-0.39, 0.29) is 23.7 Å². The first-order valence-electron chi connectivity index (χ1n) is 11.3. The first-order chi connectivity index (χ1) is 15.3. The molecule has 33 heavy (non-hydrogen) atoms. The molecular weight excluding hydrogens is 436 g/mol. The number of carbonyl (C=O) groups excluding carboxylic acids is 1. The van der Waals surface area contributed by atoms with E-state index in [2.05, 4.69) is 46.6 Å². The molecule has 0 spiro atoms. The maximum absolute atomic E-state index is 12.9. The molecule has 176 valence electrons. The molecule has 1 aromatic carbocycles. The van der Waals surface area contributed by atoms with Crippen LogP contribution in [0.1, 0.15) is 72.3 Å². The van der Waals surface area contributed by atoms with E-state index in [9.17, 15) is 4.79 Å². The number of nitrogens with zero attached hydrogens (tertiary/aromatic N) is 4. The van der Waals surface area contributed by atoms with Gasteiger partial charge in [0.1, 0.15) is 0 Å². The molecule has 8 heteroatoms. The minimum absolute atomic E-state index is 0. The molecule has 1 aliphatic rings. The smallest absolute Gasteiger partial charge is 0.281 e. The third-order valence-corrected chi connectivity index (χ3v) is 7.09. The molecule has 2 aromatic heterocycles. The Morgan fingerprint density at radius 2 is 2.03 bits per heavy atom. The van der Waals surface area contributed by atoms with Crippen molar-refractivity contribution < 1.29 is 4.79 Å². The fourth-order valence-electron chi connectivity index (χ4n) is 4.51. The van der Waals surface area contributed by atoms with Crippen molar-refractivity contribution in [2.75, 3.05) is 0 Å². The van der Waals surface area contributed by atoms with Crippen LogP contribution in [0.5, 0.6) is 0 Å². The maximum Gasteiger partial charge on any atom is 0.292 e. The van der Waals surface area contributed by atoms with Crippen molar-refractivity contribution in [3.05, 3.63) is 64.2 Å². The molecule has 1 unspecified atom stereocenters. The van der Waals surface area contributed by atoms with Crippen LogP contribution in [-0.2, 0) is 12.8 Å². The van der Waals surface area contributed by atoms with Gasteiger partial charge in [0.15, 0.2) is 5.69 Å². The molecule has 7 nitrogen and oxygen atoms in total. The Morgan fingerprint density at radius 3 is 2.73 bits per heavy atom. The number of hydrazone groups is 1. The van der Waals surface area contributed by atoms with Gasteiger partial charge in [0, 0.05) is 16.8 Å². The molecule has 2 heterocycles. The zero-order chi connectivity index (χ0) is 22.9. The number of aromatic amines is 1. The summed E-state index contributed by atoms with van der Waals surface area (Å²) in [4.78, 5) is 12.9. The predicted molar refractivity (Wildman–Crippen MR) is 134 cm³/mol. The van der Waals surface area contributed by atoms with E-state index >= 15 is 0 Å². The standard InChI is InChI=1S/C25H32N6O.ClH/c1-6-25(4,5)18-12-13-22-20(14-18)23(28-27-22)24(32)29-26-15-21-16(2)30-31(17(21)3)19-10-8-7-9-11-19;/h7-11,15,18H,6,12-14H2,1-5H3,(H,27,28)(H,29,32);1H. The number of nitrogens with one attached hydrogen (secondary N) is 2. The second kappa shape index (κ2) is 9.91. The van der Waals surface area contributed by atoms with Crippen molar-refractivity contribution in [2.24, 2.45) is 16.4 Å². The molecule has 4 rings (SSSR count). The fraction of sp³-hybridized carbons (Fsp3) is 0.440. The molecule has 1 aliphatic carbocycles. The van der Waals surface area contributed by atoms with Gasteiger partial charge in [0.05, 0.1) is 23.3 Å². The van der Waals surface area contributed by atoms with Gasteiger partial charge in [0.2, 0.25) is 0 Å². The number of aryl methyl sites for hydroxylation is 2. The van der Waals surface area contributed by atoms with Crippen LogP contribution in [0.3, 0.4) is 0 Å². The molecule has 0 fully saturated rings. The first-order valence-corrected chi connectivity index (χ1v) is 11.3. The van der Waals surface area contributed by atoms with Gasteiger partial charge in [0.25, 0.3) is 5.91 Å². The van der Waals surface area contributed by atoms with Gasteiger partial charge in [-0.15, -0.1) is 12.4 Å². The highest BCUT2D eigenvalue weighted by Gasteiger charge is 2.34. The summed E-state index contributed by atoms with van der Waals surface area (Å²) in [6.07, 6.45) is 5.72. The van der Waals surface area contributed by atoms with Gasteiger partial charge in [-0.3, -0.25) is 9.89 Å². The number of rotatable bonds is 6. The molecule has 0 radical (unpaired) electrons. The third-order valence-electron chi connectivity index (χ3n) is 7.09. The Bertz CT molecular complexity index is 1150. The highest BCUT2D eigenvalue weighted by atomic mass is 35.5. The van der Waals surface area contributed by atoms with Crippen LogP contribution < -0.4 is 5.43 Å². The minimum atomic E-state index is -0.278. The number of carbonyl (C=O) groups is 1. The first kappa shape index (κ1) is 24.7. The lowest BCUT2D eigenvalue weighted by Gasteiger charge is -2.36. The molecule has 2 N–H and O–H groups in total. The Balaban J connectivity index is 0.00000306. The van der Waals surface area contributed by atoms with Crippen molar-refractivity contribution >= 4 is 24.5 Å². The van der Waals surface area contributed by atoms with Crippen LogP contribution in [-0.4, -0.2) is 32.1 Å². The van der Waals surface area contributed by atoms with E-state index < -0.39 is 0 Å². The number of benzene rings is 1. The second-order valence-electron chi connectivity index (χ2n) is 9.34. The number of aromatic nitrogens is 4. The highest BCUT2D eigenvalue weighted by Crippen LogP contribution is 2.40. The summed E-state index contributed by atoms with van der Waals surface area (Å²) in [5.41, 5.74) is 9.19. The van der Waals surface area contributed by atoms with Crippen molar-refractivity contribution in [1.29, 1.82) is 0 Å². The lowest BCUT2D eigenvalue weighted by Crippen LogP contribution is -2.30. The van der Waals surface area contributed by atoms with Crippen LogP contribution in [0.15, 0.2) is 35.4 Å². The Hall–Kier alpha value is -2.93. The number of halogens is 1. The Labute approximate surface area is 201 Å². The molecule has 0 saturated heterocycles. The number of fused-ring (bicyclic) bond motifs is 1. The van der Waals surface area contributed by atoms with E-state index in [1.165, 1.54) is 0 Å². The zero-order valence-electron chi connectivity index (χ0n) is 20.0. The average Bonchev–Trinajstić information content (AvgIpc) is 3.35. The monoisotopic (exact) mass is 468 g/mol. The van der Waals surface area contributed by atoms with Crippen LogP contribution in [0.4, 0.5) is 0 Å². The summed E-state index contributed by atoms with van der Waals surface area (Å²) in [7, 11) is 0. The molecule has 1 amide bonds. The van der Waals surface area contributed by atoms with E-state index in [1.807, 2.05) is 48.9 Å². The van der Waals surface area contributed by atoms with Crippen LogP contribution in [0, 0.1) is 25.2 Å². The summed E-state index contributed by atoms with van der Waals surface area (Å²) in [5.74, 6) is 0.265. The van der Waals surface area contributed by atoms with Crippen molar-refractivity contribution in [2.45, 2.75) is 60.3 Å². The molecule has 0 aliphatic heterocycles. The third kappa shape index (κ3) is 4.88. The van der Waals surface area contributed by atoms with E-state index in [4.69, 9.17) is 0 Å². The molecule has 0 bridgehead atoms. The Morgan fingerprint density at radius 1 is 1.30 bits per heavy atom. The lowest BCUT2D eigenvalue weighted by molar-refractivity contribution is 0.0947. The number of amides is 1. The normalized spacial score (nSPS) is 15.8. The summed E-state index contributed by atoms with van der Waals surface area (Å²) in [6, 6.07) is 9.96. The van der Waals surface area contributed by atoms with Crippen LogP contribution in [0.2, 0.25) is 0 Å². The number of H-pyrrole nitrogens is 1. The molecule has 1 atom stereocenters. The van der Waals surface area contributed by atoms with Gasteiger partial charge in [-0.2, -0.15) is 15.3 Å². The summed E-state index contributed by atoms with van der Waals surface area (Å²) < 4.78 is 1.89.